The Morgan fingerprint density at radius 2 is 1.76 bits per heavy atom. The van der Waals surface area contributed by atoms with Gasteiger partial charge in [-0.25, -0.2) is 0 Å². The van der Waals surface area contributed by atoms with E-state index in [1.165, 1.54) is 12.1 Å². The number of hydrogen-bond donors (Lipinski definition) is 2. The third-order valence-electron chi connectivity index (χ3n) is 3.44. The lowest BCUT2D eigenvalue weighted by atomic mass is 10.2. The molecule has 8 heteroatoms. The van der Waals surface area contributed by atoms with Gasteiger partial charge < -0.3 is 15.5 Å². The first kappa shape index (κ1) is 19.3. The first-order chi connectivity index (χ1) is 11.7. The molecule has 0 unspecified atom stereocenters. The molecule has 0 heterocycles. The Bertz CT molecular complexity index is 746. The highest BCUT2D eigenvalue weighted by atomic mass is 35.5. The van der Waals surface area contributed by atoms with Crippen LogP contribution in [0, 0.1) is 0 Å². The molecule has 0 aliphatic carbocycles. The number of anilines is 2. The van der Waals surface area contributed by atoms with Crippen molar-refractivity contribution in [2.24, 2.45) is 0 Å². The van der Waals surface area contributed by atoms with Crippen LogP contribution in [-0.2, 0) is 12.7 Å². The largest absolute Gasteiger partial charge is 0.417 e. The summed E-state index contributed by atoms with van der Waals surface area (Å²) in [6, 6.07) is 11.4. The molecular formula is C17H17ClF3N3S. The highest BCUT2D eigenvalue weighted by Gasteiger charge is 2.33. The molecule has 2 aromatic rings. The fraction of sp³-hybridized carbons (Fsp3) is 0.235. The van der Waals surface area contributed by atoms with Gasteiger partial charge in [0.1, 0.15) is 0 Å². The monoisotopic (exact) mass is 387 g/mol. The lowest BCUT2D eigenvalue weighted by Crippen LogP contribution is -2.28. The zero-order chi connectivity index (χ0) is 18.6. The van der Waals surface area contributed by atoms with Gasteiger partial charge in [0.05, 0.1) is 10.6 Å². The van der Waals surface area contributed by atoms with Crippen molar-refractivity contribution in [3.63, 3.8) is 0 Å². The van der Waals surface area contributed by atoms with Crippen LogP contribution in [0.3, 0.4) is 0 Å². The van der Waals surface area contributed by atoms with Gasteiger partial charge in [0.15, 0.2) is 5.11 Å². The Balaban J connectivity index is 1.96. The second-order valence-corrected chi connectivity index (χ2v) is 6.38. The summed E-state index contributed by atoms with van der Waals surface area (Å²) in [6.07, 6.45) is -4.52. The second-order valence-electron chi connectivity index (χ2n) is 5.56. The molecule has 0 saturated heterocycles. The van der Waals surface area contributed by atoms with E-state index in [-0.39, 0.29) is 15.8 Å². The van der Waals surface area contributed by atoms with Gasteiger partial charge in [-0.05, 0) is 48.1 Å². The van der Waals surface area contributed by atoms with E-state index in [1.54, 1.807) is 0 Å². The highest BCUT2D eigenvalue weighted by molar-refractivity contribution is 7.80. The van der Waals surface area contributed by atoms with Gasteiger partial charge in [-0.3, -0.25) is 0 Å². The predicted molar refractivity (Wildman–Crippen MR) is 100 cm³/mol. The molecule has 2 N–H and O–H groups in total. The number of halogens is 4. The number of alkyl halides is 3. The maximum absolute atomic E-state index is 12.9. The Morgan fingerprint density at radius 1 is 1.12 bits per heavy atom. The van der Waals surface area contributed by atoms with E-state index in [1.807, 2.05) is 43.3 Å². The van der Waals surface area contributed by atoms with Crippen LogP contribution in [0.25, 0.3) is 0 Å². The minimum Gasteiger partial charge on any atom is -0.378 e. The van der Waals surface area contributed by atoms with Crippen molar-refractivity contribution in [1.29, 1.82) is 0 Å². The lowest BCUT2D eigenvalue weighted by molar-refractivity contribution is -0.137. The van der Waals surface area contributed by atoms with E-state index in [2.05, 4.69) is 10.6 Å². The van der Waals surface area contributed by atoms with Gasteiger partial charge in [-0.15, -0.1) is 0 Å². The Kier molecular flexibility index (Phi) is 6.13. The fourth-order valence-corrected chi connectivity index (χ4v) is 2.50. The first-order valence-corrected chi connectivity index (χ1v) is 8.13. The highest BCUT2D eigenvalue weighted by Crippen LogP contribution is 2.36. The molecule has 0 amide bonds. The molecule has 0 radical (unpaired) electrons. The van der Waals surface area contributed by atoms with Gasteiger partial charge in [0.2, 0.25) is 0 Å². The molecule has 134 valence electrons. The maximum atomic E-state index is 12.9. The molecule has 0 atom stereocenters. The smallest absolute Gasteiger partial charge is 0.378 e. The van der Waals surface area contributed by atoms with Crippen molar-refractivity contribution < 1.29 is 13.2 Å². The van der Waals surface area contributed by atoms with Crippen LogP contribution >= 0.6 is 23.8 Å². The van der Waals surface area contributed by atoms with Crippen molar-refractivity contribution in [3.8, 4) is 0 Å². The van der Waals surface area contributed by atoms with Gasteiger partial charge in [-0.2, -0.15) is 13.2 Å². The molecule has 0 aromatic heterocycles. The van der Waals surface area contributed by atoms with Crippen LogP contribution in [0.2, 0.25) is 5.02 Å². The van der Waals surface area contributed by atoms with E-state index in [4.69, 9.17) is 23.8 Å². The van der Waals surface area contributed by atoms with Crippen molar-refractivity contribution in [3.05, 3.63) is 58.6 Å². The molecule has 2 aromatic carbocycles. The number of hydrogen-bond acceptors (Lipinski definition) is 2. The van der Waals surface area contributed by atoms with Gasteiger partial charge in [0, 0.05) is 32.0 Å². The van der Waals surface area contributed by atoms with Crippen molar-refractivity contribution >= 4 is 40.3 Å². The number of nitrogens with one attached hydrogen (secondary N) is 2. The molecular weight excluding hydrogens is 371 g/mol. The topological polar surface area (TPSA) is 27.3 Å². The SMILES string of the molecule is CN(C)c1ccc(CNC(=S)Nc2ccc(Cl)c(C(F)(F)F)c2)cc1. The van der Waals surface area contributed by atoms with Crippen LogP contribution in [0.1, 0.15) is 11.1 Å². The molecule has 0 aliphatic rings. The molecule has 0 spiro atoms. The van der Waals surface area contributed by atoms with E-state index >= 15 is 0 Å². The molecule has 0 saturated carbocycles. The Hall–Kier alpha value is -1.99. The van der Waals surface area contributed by atoms with Crippen molar-refractivity contribution in [1.82, 2.24) is 5.32 Å². The summed E-state index contributed by atoms with van der Waals surface area (Å²) in [4.78, 5) is 1.99. The number of thiocarbonyl (C=S) groups is 1. The average molecular weight is 388 g/mol. The van der Waals surface area contributed by atoms with Crippen LogP contribution in [0.15, 0.2) is 42.5 Å². The zero-order valence-electron chi connectivity index (χ0n) is 13.6. The van der Waals surface area contributed by atoms with Crippen molar-refractivity contribution in [2.45, 2.75) is 12.7 Å². The summed E-state index contributed by atoms with van der Waals surface area (Å²) in [6.45, 7) is 0.458. The van der Waals surface area contributed by atoms with Gasteiger partial charge in [0.25, 0.3) is 0 Å². The average Bonchev–Trinajstić information content (AvgIpc) is 2.54. The summed E-state index contributed by atoms with van der Waals surface area (Å²) < 4.78 is 38.6. The molecule has 25 heavy (non-hydrogen) atoms. The molecule has 0 fully saturated rings. The zero-order valence-corrected chi connectivity index (χ0v) is 15.2. The van der Waals surface area contributed by atoms with Crippen LogP contribution in [0.4, 0.5) is 24.5 Å². The molecule has 3 nitrogen and oxygen atoms in total. The lowest BCUT2D eigenvalue weighted by Gasteiger charge is -2.15. The first-order valence-electron chi connectivity index (χ1n) is 7.34. The summed E-state index contributed by atoms with van der Waals surface area (Å²) in [5, 5.41) is 5.58. The quantitative estimate of drug-likeness (QED) is 0.729. The van der Waals surface area contributed by atoms with Crippen LogP contribution in [-0.4, -0.2) is 19.2 Å². The third-order valence-corrected chi connectivity index (χ3v) is 4.01. The van der Waals surface area contributed by atoms with E-state index < -0.39 is 11.7 Å². The van der Waals surface area contributed by atoms with E-state index in [0.717, 1.165) is 17.3 Å². The summed E-state index contributed by atoms with van der Waals surface area (Å²) >= 11 is 10.7. The van der Waals surface area contributed by atoms with E-state index in [0.29, 0.717) is 6.54 Å². The Morgan fingerprint density at radius 3 is 2.32 bits per heavy atom. The van der Waals surface area contributed by atoms with Crippen LogP contribution in [0.5, 0.6) is 0 Å². The van der Waals surface area contributed by atoms with Gasteiger partial charge >= 0.3 is 6.18 Å². The standard InChI is InChI=1S/C17H17ClF3N3S/c1-24(2)13-6-3-11(4-7-13)10-22-16(25)23-12-5-8-15(18)14(9-12)17(19,20)21/h3-9H,10H2,1-2H3,(H2,22,23,25). The maximum Gasteiger partial charge on any atom is 0.417 e. The minimum atomic E-state index is -4.52. The van der Waals surface area contributed by atoms with E-state index in [9.17, 15) is 13.2 Å². The number of nitrogens with zero attached hydrogens (tertiary/aromatic N) is 1. The summed E-state index contributed by atoms with van der Waals surface area (Å²) in [5.74, 6) is 0. The Labute approximate surface area is 154 Å². The van der Waals surface area contributed by atoms with Gasteiger partial charge in [-0.1, -0.05) is 23.7 Å². The molecule has 0 bridgehead atoms. The number of benzene rings is 2. The third kappa shape index (κ3) is 5.51. The summed E-state index contributed by atoms with van der Waals surface area (Å²) in [5.41, 5.74) is 1.39. The number of rotatable bonds is 4. The minimum absolute atomic E-state index is 0.220. The predicted octanol–water partition coefficient (Wildman–Crippen LogP) is 4.91. The summed E-state index contributed by atoms with van der Waals surface area (Å²) in [7, 11) is 3.90. The second kappa shape index (κ2) is 7.93. The normalized spacial score (nSPS) is 11.1. The fourth-order valence-electron chi connectivity index (χ4n) is 2.09. The molecule has 2 rings (SSSR count). The van der Waals surface area contributed by atoms with Crippen molar-refractivity contribution in [2.75, 3.05) is 24.3 Å². The molecule has 0 aliphatic heterocycles. The van der Waals surface area contributed by atoms with Crippen LogP contribution < -0.4 is 15.5 Å².